The summed E-state index contributed by atoms with van der Waals surface area (Å²) in [4.78, 5) is 11.3. The van der Waals surface area contributed by atoms with Crippen LogP contribution in [-0.2, 0) is 17.8 Å². The zero-order valence-corrected chi connectivity index (χ0v) is 14.6. The fourth-order valence-electron chi connectivity index (χ4n) is 3.64. The third-order valence-electron chi connectivity index (χ3n) is 4.90. The molecule has 0 radical (unpaired) electrons. The van der Waals surface area contributed by atoms with Gasteiger partial charge in [-0.3, -0.25) is 4.99 Å². The maximum Gasteiger partial charge on any atom is 0.194 e. The molecule has 2 aliphatic heterocycles. The standard InChI is InChI=1S/C17H29N5O/c1-14(2)11-21-8-6-19-15(21)10-20-16(18-3)22-7-4-17(12-22)5-9-23-13-17/h6,8,14H,4-5,7,9-13H2,1-3H3,(H,18,20). The van der Waals surface area contributed by atoms with Gasteiger partial charge >= 0.3 is 0 Å². The lowest BCUT2D eigenvalue weighted by molar-refractivity contribution is 0.156. The average molecular weight is 319 g/mol. The molecule has 1 spiro atoms. The number of likely N-dealkylation sites (tertiary alicyclic amines) is 1. The van der Waals surface area contributed by atoms with Crippen LogP contribution in [0.15, 0.2) is 17.4 Å². The Morgan fingerprint density at radius 3 is 3.04 bits per heavy atom. The van der Waals surface area contributed by atoms with E-state index in [9.17, 15) is 0 Å². The normalized spacial score (nSPS) is 25.0. The molecule has 1 aromatic rings. The molecule has 128 valence electrons. The van der Waals surface area contributed by atoms with Gasteiger partial charge in [0.05, 0.1) is 13.2 Å². The minimum absolute atomic E-state index is 0.355. The second-order valence-electron chi connectivity index (χ2n) is 7.26. The molecule has 23 heavy (non-hydrogen) atoms. The number of rotatable bonds is 4. The van der Waals surface area contributed by atoms with E-state index in [1.165, 1.54) is 12.8 Å². The third-order valence-corrected chi connectivity index (χ3v) is 4.90. The maximum atomic E-state index is 5.62. The summed E-state index contributed by atoms with van der Waals surface area (Å²) in [5, 5.41) is 3.49. The summed E-state index contributed by atoms with van der Waals surface area (Å²) >= 11 is 0. The molecule has 0 aliphatic carbocycles. The summed E-state index contributed by atoms with van der Waals surface area (Å²) in [5.74, 6) is 2.66. The topological polar surface area (TPSA) is 54.7 Å². The number of imidazole rings is 1. The molecule has 0 aromatic carbocycles. The average Bonchev–Trinajstić information content (AvgIpc) is 3.24. The highest BCUT2D eigenvalue weighted by Crippen LogP contribution is 2.38. The third kappa shape index (κ3) is 3.68. The quantitative estimate of drug-likeness (QED) is 0.678. The highest BCUT2D eigenvalue weighted by atomic mass is 16.5. The van der Waals surface area contributed by atoms with Crippen LogP contribution in [0.5, 0.6) is 0 Å². The molecule has 1 N–H and O–H groups in total. The van der Waals surface area contributed by atoms with Crippen molar-refractivity contribution in [2.45, 2.75) is 39.8 Å². The van der Waals surface area contributed by atoms with Crippen LogP contribution in [0.2, 0.25) is 0 Å². The molecule has 2 saturated heterocycles. The second-order valence-corrected chi connectivity index (χ2v) is 7.26. The first kappa shape index (κ1) is 16.3. The summed E-state index contributed by atoms with van der Waals surface area (Å²) in [6, 6.07) is 0. The van der Waals surface area contributed by atoms with Gasteiger partial charge in [-0.2, -0.15) is 0 Å². The molecule has 1 atom stereocenters. The van der Waals surface area contributed by atoms with Crippen molar-refractivity contribution in [3.05, 3.63) is 18.2 Å². The van der Waals surface area contributed by atoms with Crippen LogP contribution in [0, 0.1) is 11.3 Å². The number of hydrogen-bond donors (Lipinski definition) is 1. The van der Waals surface area contributed by atoms with Crippen molar-refractivity contribution in [1.29, 1.82) is 0 Å². The lowest BCUT2D eigenvalue weighted by Crippen LogP contribution is -2.41. The summed E-state index contributed by atoms with van der Waals surface area (Å²) in [7, 11) is 1.86. The number of hydrogen-bond acceptors (Lipinski definition) is 3. The molecule has 3 rings (SSSR count). The van der Waals surface area contributed by atoms with Gasteiger partial charge in [0, 0.05) is 51.1 Å². The van der Waals surface area contributed by atoms with Gasteiger partial charge in [0.15, 0.2) is 5.96 Å². The Balaban J connectivity index is 1.57. The van der Waals surface area contributed by atoms with Crippen molar-refractivity contribution in [3.8, 4) is 0 Å². The number of aromatic nitrogens is 2. The SMILES string of the molecule is CN=C(NCc1nccn1CC(C)C)N1CCC2(CCOC2)C1. The molecular weight excluding hydrogens is 290 g/mol. The molecule has 2 fully saturated rings. The van der Waals surface area contributed by atoms with E-state index < -0.39 is 0 Å². The predicted octanol–water partition coefficient (Wildman–Crippen LogP) is 1.73. The van der Waals surface area contributed by atoms with E-state index in [-0.39, 0.29) is 0 Å². The molecule has 1 aromatic heterocycles. The van der Waals surface area contributed by atoms with E-state index in [0.29, 0.717) is 17.9 Å². The van der Waals surface area contributed by atoms with E-state index in [1.54, 1.807) is 0 Å². The molecule has 0 amide bonds. The number of nitrogens with zero attached hydrogens (tertiary/aromatic N) is 4. The maximum absolute atomic E-state index is 5.62. The molecule has 0 bridgehead atoms. The van der Waals surface area contributed by atoms with Gasteiger partial charge in [-0.15, -0.1) is 0 Å². The molecular formula is C17H29N5O. The molecule has 3 heterocycles. The van der Waals surface area contributed by atoms with Gasteiger partial charge in [0.25, 0.3) is 0 Å². The van der Waals surface area contributed by atoms with Crippen LogP contribution in [0.3, 0.4) is 0 Å². The summed E-state index contributed by atoms with van der Waals surface area (Å²) in [5.41, 5.74) is 0.355. The first-order valence-electron chi connectivity index (χ1n) is 8.65. The monoisotopic (exact) mass is 319 g/mol. The van der Waals surface area contributed by atoms with E-state index in [4.69, 9.17) is 4.74 Å². The van der Waals surface area contributed by atoms with Crippen LogP contribution in [0.1, 0.15) is 32.5 Å². The minimum Gasteiger partial charge on any atom is -0.381 e. The lowest BCUT2D eigenvalue weighted by Gasteiger charge is -2.25. The number of nitrogens with one attached hydrogen (secondary N) is 1. The molecule has 2 aliphatic rings. The highest BCUT2D eigenvalue weighted by molar-refractivity contribution is 5.80. The first-order chi connectivity index (χ1) is 11.1. The van der Waals surface area contributed by atoms with E-state index in [1.807, 2.05) is 13.2 Å². The predicted molar refractivity (Wildman–Crippen MR) is 91.3 cm³/mol. The fraction of sp³-hybridized carbons (Fsp3) is 0.765. The van der Waals surface area contributed by atoms with Crippen molar-refractivity contribution in [2.24, 2.45) is 16.3 Å². The van der Waals surface area contributed by atoms with Gasteiger partial charge < -0.3 is 19.5 Å². The van der Waals surface area contributed by atoms with Gasteiger partial charge in [-0.25, -0.2) is 4.98 Å². The van der Waals surface area contributed by atoms with Crippen molar-refractivity contribution in [1.82, 2.24) is 19.8 Å². The zero-order valence-electron chi connectivity index (χ0n) is 14.6. The largest absolute Gasteiger partial charge is 0.381 e. The molecule has 6 heteroatoms. The van der Waals surface area contributed by atoms with E-state index >= 15 is 0 Å². The van der Waals surface area contributed by atoms with Gasteiger partial charge in [-0.05, 0) is 18.8 Å². The fourth-order valence-corrected chi connectivity index (χ4v) is 3.64. The Bertz CT molecular complexity index is 545. The minimum atomic E-state index is 0.355. The van der Waals surface area contributed by atoms with Crippen LogP contribution in [0.25, 0.3) is 0 Å². The number of aliphatic imine (C=N–C) groups is 1. The first-order valence-corrected chi connectivity index (χ1v) is 8.65. The summed E-state index contributed by atoms with van der Waals surface area (Å²) in [6.07, 6.45) is 6.32. The van der Waals surface area contributed by atoms with Gasteiger partial charge in [0.2, 0.25) is 0 Å². The van der Waals surface area contributed by atoms with Gasteiger partial charge in [0.1, 0.15) is 5.82 Å². The van der Waals surface area contributed by atoms with Crippen LogP contribution < -0.4 is 5.32 Å². The number of ether oxygens (including phenoxy) is 1. The molecule has 0 saturated carbocycles. The molecule has 1 unspecified atom stereocenters. The summed E-state index contributed by atoms with van der Waals surface area (Å²) < 4.78 is 7.84. The van der Waals surface area contributed by atoms with Crippen molar-refractivity contribution >= 4 is 5.96 Å². The Kier molecular flexibility index (Phi) is 4.90. The molecule has 6 nitrogen and oxygen atoms in total. The lowest BCUT2D eigenvalue weighted by atomic mass is 9.87. The smallest absolute Gasteiger partial charge is 0.194 e. The Hall–Kier alpha value is -1.56. The Morgan fingerprint density at radius 1 is 1.48 bits per heavy atom. The Labute approximate surface area is 138 Å². The van der Waals surface area contributed by atoms with Crippen molar-refractivity contribution < 1.29 is 4.74 Å². The van der Waals surface area contributed by atoms with Crippen molar-refractivity contribution in [3.63, 3.8) is 0 Å². The van der Waals surface area contributed by atoms with E-state index in [2.05, 4.69) is 44.8 Å². The highest BCUT2D eigenvalue weighted by Gasteiger charge is 2.42. The second kappa shape index (κ2) is 6.91. The van der Waals surface area contributed by atoms with Crippen molar-refractivity contribution in [2.75, 3.05) is 33.4 Å². The van der Waals surface area contributed by atoms with Crippen LogP contribution in [-0.4, -0.2) is 53.8 Å². The Morgan fingerprint density at radius 2 is 2.35 bits per heavy atom. The zero-order chi connectivity index (χ0) is 16.3. The van der Waals surface area contributed by atoms with E-state index in [0.717, 1.165) is 44.6 Å². The number of guanidine groups is 1. The van der Waals surface area contributed by atoms with Gasteiger partial charge in [-0.1, -0.05) is 13.8 Å². The van der Waals surface area contributed by atoms with Crippen LogP contribution in [0.4, 0.5) is 0 Å². The van der Waals surface area contributed by atoms with Crippen LogP contribution >= 0.6 is 0 Å². The summed E-state index contributed by atoms with van der Waals surface area (Å²) in [6.45, 7) is 10.1.